The summed E-state index contributed by atoms with van der Waals surface area (Å²) in [6.07, 6.45) is -0.907. The van der Waals surface area contributed by atoms with Crippen molar-refractivity contribution in [2.75, 3.05) is 22.1 Å². The van der Waals surface area contributed by atoms with E-state index in [2.05, 4.69) is 45.3 Å². The summed E-state index contributed by atoms with van der Waals surface area (Å²) in [6, 6.07) is 20.6. The van der Waals surface area contributed by atoms with Gasteiger partial charge in [0.25, 0.3) is 0 Å². The Bertz CT molecular complexity index is 2750. The topological polar surface area (TPSA) is 171 Å². The van der Waals surface area contributed by atoms with Gasteiger partial charge in [-0.2, -0.15) is 30.7 Å². The van der Waals surface area contributed by atoms with E-state index in [0.717, 1.165) is 12.1 Å². The Balaban J connectivity index is 0.000000177. The summed E-state index contributed by atoms with van der Waals surface area (Å²) >= 11 is 0. The lowest BCUT2D eigenvalue weighted by Gasteiger charge is -2.12. The summed E-state index contributed by atoms with van der Waals surface area (Å²) in [5.74, 6) is -2.55. The van der Waals surface area contributed by atoms with Crippen LogP contribution in [0.15, 0.2) is 97.3 Å². The molecule has 0 aliphatic carbocycles. The summed E-state index contributed by atoms with van der Waals surface area (Å²) in [5, 5.41) is 5.44. The van der Waals surface area contributed by atoms with Gasteiger partial charge >= 0.3 is 12.8 Å². The number of pyridine rings is 2. The fourth-order valence-corrected chi connectivity index (χ4v) is 5.81. The maximum atomic E-state index is 14.5. The molecule has 0 amide bonds. The minimum Gasteiger partial charge on any atom is -0.435 e. The van der Waals surface area contributed by atoms with Crippen molar-refractivity contribution in [2.45, 2.75) is 26.6 Å². The third-order valence-electron chi connectivity index (χ3n) is 8.40. The van der Waals surface area contributed by atoms with Gasteiger partial charge in [0.05, 0.1) is 17.0 Å². The zero-order valence-electron chi connectivity index (χ0n) is 30.1. The molecule has 0 bridgehead atoms. The number of hydrogen-bond acceptors (Lipinski definition) is 11. The average Bonchev–Trinajstić information content (AvgIpc) is 3.70. The highest BCUT2D eigenvalue weighted by atomic mass is 19.4. The molecule has 296 valence electrons. The zero-order valence-corrected chi connectivity index (χ0v) is 30.1. The lowest BCUT2D eigenvalue weighted by Crippen LogP contribution is -2.08. The molecule has 13 nitrogen and oxygen atoms in total. The van der Waals surface area contributed by atoms with Crippen LogP contribution in [-0.2, 0) is 6.18 Å². The molecule has 0 fully saturated rings. The number of aryl methyl sites for hydroxylation is 2. The number of anilines is 6. The molecule has 8 rings (SSSR count). The lowest BCUT2D eigenvalue weighted by atomic mass is 10.2. The highest BCUT2D eigenvalue weighted by Crippen LogP contribution is 2.32. The first-order chi connectivity index (χ1) is 27.7. The first-order valence-electron chi connectivity index (χ1n) is 17.0. The number of fused-ring (bicyclic) bond motifs is 2. The predicted molar refractivity (Wildman–Crippen MR) is 202 cm³/mol. The molecule has 20 heteroatoms. The third-order valence-corrected chi connectivity index (χ3v) is 8.40. The van der Waals surface area contributed by atoms with Gasteiger partial charge in [-0.3, -0.25) is 8.80 Å². The summed E-state index contributed by atoms with van der Waals surface area (Å²) in [5.41, 5.74) is 15.0. The van der Waals surface area contributed by atoms with Crippen molar-refractivity contribution < 1.29 is 35.5 Å². The van der Waals surface area contributed by atoms with Crippen LogP contribution in [-0.4, -0.2) is 45.3 Å². The molecular weight excluding hydrogens is 773 g/mol. The fraction of sp³-hybridized carbons (Fsp3) is 0.105. The summed E-state index contributed by atoms with van der Waals surface area (Å²) in [6.45, 7) is 0.623. The Hall–Kier alpha value is -7.51. The molecule has 0 saturated heterocycles. The van der Waals surface area contributed by atoms with Gasteiger partial charge in [0, 0.05) is 23.8 Å². The van der Waals surface area contributed by atoms with E-state index in [1.807, 2.05) is 24.3 Å². The molecule has 6 heterocycles. The molecule has 0 radical (unpaired) electrons. The Kier molecular flexibility index (Phi) is 10.4. The minimum atomic E-state index is -4.46. The van der Waals surface area contributed by atoms with Crippen molar-refractivity contribution in [1.82, 2.24) is 38.7 Å². The number of halogens is 7. The number of nitrogen functional groups attached to an aromatic ring is 2. The summed E-state index contributed by atoms with van der Waals surface area (Å²) in [7, 11) is 0. The van der Waals surface area contributed by atoms with Gasteiger partial charge in [-0.1, -0.05) is 12.1 Å². The van der Waals surface area contributed by atoms with Gasteiger partial charge in [0.15, 0.2) is 34.9 Å². The molecule has 0 aliphatic rings. The maximum absolute atomic E-state index is 14.5. The number of benzene rings is 2. The second-order valence-corrected chi connectivity index (χ2v) is 12.4. The van der Waals surface area contributed by atoms with Gasteiger partial charge in [-0.05, 0) is 86.6 Å². The van der Waals surface area contributed by atoms with E-state index in [-0.39, 0.29) is 40.5 Å². The summed E-state index contributed by atoms with van der Waals surface area (Å²) in [4.78, 5) is 25.4. The maximum Gasteiger partial charge on any atom is 0.416 e. The standard InChI is InChI=1S/C19H14F4N6.C19H15F3N6O/c1-10-15(29-9-3-2-4-13(29)25-10)18-27-16(24)14(20)17(28-18)26-12-7-5-11(6-8-12)19(21,22)23;1-10-15(28-9-3-2-4-13(28)24-10)18-26-16(23)14(20)17(27-18)25-11-5-7-12(8-6-11)29-19(21)22/h2-9H,1H3,(H3,24,26,27,28);2-9,19H,1H3,(H3,23,25,26,27). The molecular formula is C38H29F7N12O. The van der Waals surface area contributed by atoms with E-state index in [1.165, 1.54) is 36.4 Å². The molecule has 0 unspecified atom stereocenters. The Morgan fingerprint density at radius 3 is 1.45 bits per heavy atom. The second kappa shape index (κ2) is 15.6. The quantitative estimate of drug-likeness (QED) is 0.108. The first-order valence-corrected chi connectivity index (χ1v) is 17.0. The highest BCUT2D eigenvalue weighted by molar-refractivity contribution is 5.69. The molecule has 2 aromatic carbocycles. The van der Waals surface area contributed by atoms with Gasteiger partial charge in [0.1, 0.15) is 28.4 Å². The van der Waals surface area contributed by atoms with Crippen LogP contribution in [0.2, 0.25) is 0 Å². The number of imidazole rings is 2. The number of rotatable bonds is 8. The van der Waals surface area contributed by atoms with Crippen LogP contribution in [0.4, 0.5) is 65.4 Å². The number of nitrogens with one attached hydrogen (secondary N) is 2. The normalized spacial score (nSPS) is 11.5. The lowest BCUT2D eigenvalue weighted by molar-refractivity contribution is -0.137. The number of alkyl halides is 5. The average molecular weight is 803 g/mol. The molecule has 6 aromatic heterocycles. The molecule has 0 atom stereocenters. The van der Waals surface area contributed by atoms with Crippen molar-refractivity contribution in [3.05, 3.63) is 126 Å². The molecule has 0 spiro atoms. The van der Waals surface area contributed by atoms with Crippen LogP contribution in [0.25, 0.3) is 34.3 Å². The smallest absolute Gasteiger partial charge is 0.416 e. The highest BCUT2D eigenvalue weighted by Gasteiger charge is 2.30. The second-order valence-electron chi connectivity index (χ2n) is 12.4. The van der Waals surface area contributed by atoms with Crippen LogP contribution in [0.5, 0.6) is 5.75 Å². The number of nitrogens with zero attached hydrogens (tertiary/aromatic N) is 8. The van der Waals surface area contributed by atoms with Crippen LogP contribution >= 0.6 is 0 Å². The van der Waals surface area contributed by atoms with E-state index >= 15 is 0 Å². The molecule has 0 aliphatic heterocycles. The van der Waals surface area contributed by atoms with Gasteiger partial charge in [-0.25, -0.2) is 29.9 Å². The van der Waals surface area contributed by atoms with Crippen molar-refractivity contribution in [2.24, 2.45) is 0 Å². The van der Waals surface area contributed by atoms with Crippen LogP contribution in [0, 0.1) is 25.5 Å². The van der Waals surface area contributed by atoms with Crippen LogP contribution < -0.4 is 26.8 Å². The molecule has 8 aromatic rings. The number of hydrogen-bond donors (Lipinski definition) is 4. The Morgan fingerprint density at radius 1 is 0.603 bits per heavy atom. The Morgan fingerprint density at radius 2 is 1.03 bits per heavy atom. The minimum absolute atomic E-state index is 0.0183. The van der Waals surface area contributed by atoms with Crippen molar-refractivity contribution in [1.29, 1.82) is 0 Å². The van der Waals surface area contributed by atoms with E-state index in [9.17, 15) is 30.7 Å². The summed E-state index contributed by atoms with van der Waals surface area (Å²) < 4.78 is 99.5. The van der Waals surface area contributed by atoms with E-state index in [0.29, 0.717) is 39.8 Å². The third kappa shape index (κ3) is 8.06. The van der Waals surface area contributed by atoms with Crippen LogP contribution in [0.1, 0.15) is 17.0 Å². The fourth-order valence-electron chi connectivity index (χ4n) is 5.81. The predicted octanol–water partition coefficient (Wildman–Crippen LogP) is 8.75. The number of aromatic nitrogens is 8. The first kappa shape index (κ1) is 38.8. The number of nitrogens with two attached hydrogens (primary N) is 2. The van der Waals surface area contributed by atoms with Gasteiger partial charge in [0.2, 0.25) is 11.6 Å². The van der Waals surface area contributed by atoms with Crippen molar-refractivity contribution in [3.63, 3.8) is 0 Å². The van der Waals surface area contributed by atoms with E-state index < -0.39 is 35.8 Å². The zero-order chi connectivity index (χ0) is 41.3. The molecule has 0 saturated carbocycles. The van der Waals surface area contributed by atoms with Crippen LogP contribution in [0.3, 0.4) is 0 Å². The van der Waals surface area contributed by atoms with Gasteiger partial charge in [-0.15, -0.1) is 0 Å². The number of ether oxygens (including phenoxy) is 1. The van der Waals surface area contributed by atoms with Crippen molar-refractivity contribution in [3.8, 4) is 28.8 Å². The monoisotopic (exact) mass is 802 g/mol. The van der Waals surface area contributed by atoms with E-state index in [1.54, 1.807) is 47.2 Å². The Labute approximate surface area is 323 Å². The van der Waals surface area contributed by atoms with E-state index in [4.69, 9.17) is 11.5 Å². The van der Waals surface area contributed by atoms with Crippen molar-refractivity contribution >= 4 is 45.9 Å². The molecule has 6 N–H and O–H groups in total. The van der Waals surface area contributed by atoms with Gasteiger partial charge < -0.3 is 26.8 Å². The molecule has 58 heavy (non-hydrogen) atoms. The SMILES string of the molecule is Cc1nc2ccccn2c1-c1nc(N)c(F)c(Nc2ccc(C(F)(F)F)cc2)n1.Cc1nc2ccccn2c1-c1nc(N)c(F)c(Nc2ccc(OC(F)F)cc2)n1. The largest absolute Gasteiger partial charge is 0.435 e.